The minimum Gasteiger partial charge on any atom is -0.297 e. The van der Waals surface area contributed by atoms with Crippen molar-refractivity contribution < 1.29 is 0 Å². The second kappa shape index (κ2) is 8.49. The van der Waals surface area contributed by atoms with Crippen molar-refractivity contribution in [1.29, 1.82) is 0 Å². The summed E-state index contributed by atoms with van der Waals surface area (Å²) in [5.74, 6) is 0.209. The van der Waals surface area contributed by atoms with Crippen molar-refractivity contribution in [2.45, 2.75) is 13.1 Å². The van der Waals surface area contributed by atoms with Crippen molar-refractivity contribution in [3.05, 3.63) is 90.5 Å². The van der Waals surface area contributed by atoms with Crippen molar-refractivity contribution in [3.8, 4) is 0 Å². The molecule has 0 aliphatic rings. The van der Waals surface area contributed by atoms with Gasteiger partial charge in [0.25, 0.3) is 11.5 Å². The van der Waals surface area contributed by atoms with Gasteiger partial charge in [0.05, 0.1) is 13.1 Å². The third-order valence-electron chi connectivity index (χ3n) is 4.96. The molecule has 158 valence electrons. The Kier molecular flexibility index (Phi) is 5.75. The summed E-state index contributed by atoms with van der Waals surface area (Å²) in [4.78, 5) is 29.7. The van der Waals surface area contributed by atoms with Gasteiger partial charge in [-0.05, 0) is 17.7 Å². The Labute approximate surface area is 187 Å². The number of aromatic nitrogens is 4. The quantitative estimate of drug-likeness (QED) is 0.424. The Bertz CT molecular complexity index is 1400. The van der Waals surface area contributed by atoms with Crippen LogP contribution in [0.3, 0.4) is 0 Å². The standard InChI is InChI=1S/C21H18Cl2N6O2/c1-27-18-17(19(30)28(2)21(27)31)29(12-13-7-4-3-5-8-13)20(25-18)26-24-11-14-15(22)9-6-10-16(14)23/h3-10H,11-12H2,1-2H3. The molecular formula is C21H18Cl2N6O2. The minimum absolute atomic E-state index is 0.143. The monoisotopic (exact) mass is 456 g/mol. The molecule has 0 bridgehead atoms. The van der Waals surface area contributed by atoms with Crippen LogP contribution in [0.15, 0.2) is 68.3 Å². The smallest absolute Gasteiger partial charge is 0.297 e. The number of hydrogen-bond acceptors (Lipinski definition) is 5. The lowest BCUT2D eigenvalue weighted by Crippen LogP contribution is -2.37. The molecule has 2 aromatic heterocycles. The molecule has 0 atom stereocenters. The largest absolute Gasteiger partial charge is 0.332 e. The number of benzene rings is 2. The number of fused-ring (bicyclic) bond motifs is 1. The van der Waals surface area contributed by atoms with Gasteiger partial charge in [-0.2, -0.15) is 10.1 Å². The van der Waals surface area contributed by atoms with Crippen molar-refractivity contribution in [2.75, 3.05) is 0 Å². The molecule has 0 unspecified atom stereocenters. The van der Waals surface area contributed by atoms with Gasteiger partial charge in [0.15, 0.2) is 11.2 Å². The molecule has 0 aliphatic heterocycles. The molecule has 8 nitrogen and oxygen atoms in total. The van der Waals surface area contributed by atoms with Gasteiger partial charge in [-0.25, -0.2) is 4.79 Å². The molecule has 2 heterocycles. The van der Waals surface area contributed by atoms with Crippen LogP contribution in [-0.2, 0) is 27.2 Å². The Balaban J connectivity index is 1.85. The highest BCUT2D eigenvalue weighted by atomic mass is 35.5. The van der Waals surface area contributed by atoms with Gasteiger partial charge in [-0.15, -0.1) is 5.11 Å². The summed E-state index contributed by atoms with van der Waals surface area (Å²) in [6, 6.07) is 14.8. The first-order chi connectivity index (χ1) is 14.9. The first-order valence-electron chi connectivity index (χ1n) is 9.39. The molecule has 0 saturated carbocycles. The second-order valence-corrected chi connectivity index (χ2v) is 7.78. The summed E-state index contributed by atoms with van der Waals surface area (Å²) in [5.41, 5.74) is 1.20. The van der Waals surface area contributed by atoms with E-state index < -0.39 is 11.2 Å². The zero-order valence-electron chi connectivity index (χ0n) is 16.8. The van der Waals surface area contributed by atoms with Crippen LogP contribution in [0.4, 0.5) is 5.95 Å². The zero-order chi connectivity index (χ0) is 22.1. The van der Waals surface area contributed by atoms with Crippen LogP contribution in [0.5, 0.6) is 0 Å². The van der Waals surface area contributed by atoms with Gasteiger partial charge in [0.2, 0.25) is 0 Å². The van der Waals surface area contributed by atoms with E-state index in [1.807, 2.05) is 30.3 Å². The summed E-state index contributed by atoms with van der Waals surface area (Å²) in [5, 5.41) is 9.44. The first-order valence-corrected chi connectivity index (χ1v) is 10.1. The van der Waals surface area contributed by atoms with Crippen LogP contribution in [0.1, 0.15) is 11.1 Å². The predicted molar refractivity (Wildman–Crippen MR) is 120 cm³/mol. The molecule has 0 aliphatic carbocycles. The fourth-order valence-corrected chi connectivity index (χ4v) is 3.80. The summed E-state index contributed by atoms with van der Waals surface area (Å²) >= 11 is 12.4. The van der Waals surface area contributed by atoms with E-state index in [4.69, 9.17) is 23.2 Å². The molecular weight excluding hydrogens is 439 g/mol. The zero-order valence-corrected chi connectivity index (χ0v) is 18.3. The molecule has 2 aromatic carbocycles. The summed E-state index contributed by atoms with van der Waals surface area (Å²) < 4.78 is 4.03. The molecule has 0 fully saturated rings. The van der Waals surface area contributed by atoms with Gasteiger partial charge in [-0.3, -0.25) is 18.5 Å². The topological polar surface area (TPSA) is 86.5 Å². The lowest BCUT2D eigenvalue weighted by Gasteiger charge is -2.08. The van der Waals surface area contributed by atoms with Gasteiger partial charge >= 0.3 is 5.69 Å². The maximum Gasteiger partial charge on any atom is 0.332 e. The second-order valence-electron chi connectivity index (χ2n) is 6.96. The Morgan fingerprint density at radius 1 is 0.935 bits per heavy atom. The molecule has 0 saturated heterocycles. The van der Waals surface area contributed by atoms with Crippen molar-refractivity contribution in [1.82, 2.24) is 18.7 Å². The molecule has 0 spiro atoms. The number of azo groups is 1. The Morgan fingerprint density at radius 3 is 2.29 bits per heavy atom. The number of imidazole rings is 1. The van der Waals surface area contributed by atoms with Crippen LogP contribution in [-0.4, -0.2) is 18.7 Å². The van der Waals surface area contributed by atoms with E-state index >= 15 is 0 Å². The fraction of sp³-hybridized carbons (Fsp3) is 0.190. The maximum absolute atomic E-state index is 12.9. The molecule has 0 amide bonds. The fourth-order valence-electron chi connectivity index (χ4n) is 3.28. The normalized spacial score (nSPS) is 11.6. The molecule has 0 radical (unpaired) electrons. The van der Waals surface area contributed by atoms with Gasteiger partial charge in [0.1, 0.15) is 0 Å². The van der Waals surface area contributed by atoms with E-state index in [1.165, 1.54) is 11.6 Å². The number of rotatable bonds is 5. The highest BCUT2D eigenvalue weighted by Crippen LogP contribution is 2.26. The summed E-state index contributed by atoms with van der Waals surface area (Å²) in [6.07, 6.45) is 0. The number of halogens is 2. The van der Waals surface area contributed by atoms with E-state index in [2.05, 4.69) is 15.2 Å². The van der Waals surface area contributed by atoms with Crippen LogP contribution in [0.25, 0.3) is 11.2 Å². The average Bonchev–Trinajstić information content (AvgIpc) is 3.12. The average molecular weight is 457 g/mol. The van der Waals surface area contributed by atoms with Crippen LogP contribution >= 0.6 is 23.2 Å². The van der Waals surface area contributed by atoms with Crippen LogP contribution in [0.2, 0.25) is 10.0 Å². The molecule has 10 heteroatoms. The van der Waals surface area contributed by atoms with E-state index in [0.29, 0.717) is 22.2 Å². The lowest BCUT2D eigenvalue weighted by molar-refractivity contribution is 0.702. The first kappa shape index (κ1) is 21.0. The Hall–Kier alpha value is -3.23. The van der Waals surface area contributed by atoms with E-state index in [-0.39, 0.29) is 23.7 Å². The predicted octanol–water partition coefficient (Wildman–Crippen LogP) is 4.07. The highest BCUT2D eigenvalue weighted by molar-refractivity contribution is 6.35. The number of hydrogen-bond donors (Lipinski definition) is 0. The van der Waals surface area contributed by atoms with Gasteiger partial charge in [0, 0.05) is 29.7 Å². The molecule has 0 N–H and O–H groups in total. The van der Waals surface area contributed by atoms with Crippen molar-refractivity contribution in [3.63, 3.8) is 0 Å². The summed E-state index contributed by atoms with van der Waals surface area (Å²) in [7, 11) is 3.00. The van der Waals surface area contributed by atoms with Crippen LogP contribution in [0, 0.1) is 0 Å². The van der Waals surface area contributed by atoms with Crippen LogP contribution < -0.4 is 11.2 Å². The van der Waals surface area contributed by atoms with Crippen molar-refractivity contribution in [2.24, 2.45) is 24.3 Å². The molecule has 31 heavy (non-hydrogen) atoms. The number of nitrogens with zero attached hydrogens (tertiary/aromatic N) is 6. The Morgan fingerprint density at radius 2 is 1.61 bits per heavy atom. The van der Waals surface area contributed by atoms with E-state index in [9.17, 15) is 9.59 Å². The lowest BCUT2D eigenvalue weighted by atomic mass is 10.2. The third kappa shape index (κ3) is 3.92. The molecule has 4 aromatic rings. The maximum atomic E-state index is 12.9. The summed E-state index contributed by atoms with van der Waals surface area (Å²) in [6.45, 7) is 0.482. The number of aryl methyl sites for hydroxylation is 1. The van der Waals surface area contributed by atoms with E-state index in [0.717, 1.165) is 10.1 Å². The van der Waals surface area contributed by atoms with Gasteiger partial charge < -0.3 is 0 Å². The van der Waals surface area contributed by atoms with Gasteiger partial charge in [-0.1, -0.05) is 59.6 Å². The SMILES string of the molecule is Cn1c(=O)c2c(nc(N=NCc3c(Cl)cccc3Cl)n2Cc2ccccc2)n(C)c1=O. The third-order valence-corrected chi connectivity index (χ3v) is 5.67. The van der Waals surface area contributed by atoms with E-state index in [1.54, 1.807) is 29.8 Å². The minimum atomic E-state index is -0.465. The molecule has 4 rings (SSSR count). The van der Waals surface area contributed by atoms with Crippen molar-refractivity contribution >= 4 is 40.3 Å². The highest BCUT2D eigenvalue weighted by Gasteiger charge is 2.19.